The summed E-state index contributed by atoms with van der Waals surface area (Å²) >= 11 is 0. The predicted molar refractivity (Wildman–Crippen MR) is 156 cm³/mol. The second-order valence-electron chi connectivity index (χ2n) is 12.6. The van der Waals surface area contributed by atoms with Crippen molar-refractivity contribution in [3.8, 4) is 0 Å². The first-order valence-electron chi connectivity index (χ1n) is 15.4. The normalized spacial score (nSPS) is 24.3. The third kappa shape index (κ3) is 8.68. The van der Waals surface area contributed by atoms with Crippen molar-refractivity contribution in [3.63, 3.8) is 0 Å². The van der Waals surface area contributed by atoms with Gasteiger partial charge in [-0.15, -0.1) is 0 Å². The van der Waals surface area contributed by atoms with Crippen molar-refractivity contribution in [2.75, 3.05) is 18.5 Å². The third-order valence-electron chi connectivity index (χ3n) is 9.70. The summed E-state index contributed by atoms with van der Waals surface area (Å²) in [6.07, 6.45) is 20.8. The van der Waals surface area contributed by atoms with Crippen LogP contribution in [0.4, 0.5) is 5.69 Å². The maximum Gasteiger partial charge on any atom is 0.0363 e. The zero-order valence-corrected chi connectivity index (χ0v) is 24.2. The second-order valence-corrected chi connectivity index (χ2v) is 12.6. The lowest BCUT2D eigenvalue weighted by molar-refractivity contribution is 0.146. The number of hydrogen-bond acceptors (Lipinski definition) is 1. The van der Waals surface area contributed by atoms with Gasteiger partial charge >= 0.3 is 0 Å². The van der Waals surface area contributed by atoms with Gasteiger partial charge < -0.3 is 4.90 Å². The number of rotatable bonds is 13. The fraction of sp³-hybridized carbons (Fsp3) is 0.765. The second kappa shape index (κ2) is 14.5. The Morgan fingerprint density at radius 2 is 1.74 bits per heavy atom. The minimum absolute atomic E-state index is 0.781. The summed E-state index contributed by atoms with van der Waals surface area (Å²) in [5, 5.41) is 0. The van der Waals surface area contributed by atoms with Crippen molar-refractivity contribution < 1.29 is 0 Å². The van der Waals surface area contributed by atoms with Crippen LogP contribution < -0.4 is 4.90 Å². The number of benzene rings is 1. The molecule has 1 heteroatoms. The highest BCUT2D eigenvalue weighted by atomic mass is 15.1. The molecule has 0 N–H and O–H groups in total. The first-order valence-corrected chi connectivity index (χ1v) is 15.4. The van der Waals surface area contributed by atoms with Crippen LogP contribution in [0.5, 0.6) is 0 Å². The first kappa shape index (κ1) is 28.3. The fourth-order valence-corrected chi connectivity index (χ4v) is 7.50. The van der Waals surface area contributed by atoms with E-state index in [0.717, 1.165) is 35.5 Å². The van der Waals surface area contributed by atoms with E-state index in [2.05, 4.69) is 76.9 Å². The molecule has 1 fully saturated rings. The summed E-state index contributed by atoms with van der Waals surface area (Å²) in [4.78, 5) is 2.57. The van der Waals surface area contributed by atoms with Gasteiger partial charge in [-0.3, -0.25) is 0 Å². The smallest absolute Gasteiger partial charge is 0.0363 e. The molecule has 0 aliphatic heterocycles. The van der Waals surface area contributed by atoms with Crippen LogP contribution in [0.25, 0.3) is 0 Å². The molecule has 2 aliphatic rings. The standard InChI is InChI=1S/C34H57N/c1-7-13-31(29(8-2)23-28(5)30-15-10-9-11-16-30)24-33(32-17-12-14-27(4)22-32)25-35(6)34-20-18-26(3)19-21-34/h15,18-21,27-29,31-33H,7-14,16-17,22-25H2,1-6H3/t27?,28?,29?,31-,32?,33?/m1/s1. The quantitative estimate of drug-likeness (QED) is 0.254. The maximum absolute atomic E-state index is 2.60. The Hall–Kier alpha value is -1.24. The summed E-state index contributed by atoms with van der Waals surface area (Å²) in [6, 6.07) is 9.21. The Morgan fingerprint density at radius 1 is 0.971 bits per heavy atom. The number of anilines is 1. The zero-order valence-electron chi connectivity index (χ0n) is 24.2. The Morgan fingerprint density at radius 3 is 2.37 bits per heavy atom. The molecule has 35 heavy (non-hydrogen) atoms. The lowest BCUT2D eigenvalue weighted by Crippen LogP contribution is -2.35. The molecule has 1 aromatic rings. The molecule has 6 atom stereocenters. The average molecular weight is 480 g/mol. The number of allylic oxidation sites excluding steroid dienone is 2. The Kier molecular flexibility index (Phi) is 11.7. The van der Waals surface area contributed by atoms with Crippen molar-refractivity contribution in [2.24, 2.45) is 35.5 Å². The minimum atomic E-state index is 0.781. The first-order chi connectivity index (χ1) is 16.9. The van der Waals surface area contributed by atoms with Crippen molar-refractivity contribution in [3.05, 3.63) is 41.5 Å². The Bertz CT molecular complexity index is 746. The van der Waals surface area contributed by atoms with Gasteiger partial charge in [-0.1, -0.05) is 95.6 Å². The van der Waals surface area contributed by atoms with Crippen molar-refractivity contribution >= 4 is 5.69 Å². The lowest BCUT2D eigenvalue weighted by atomic mass is 9.69. The summed E-state index contributed by atoms with van der Waals surface area (Å²) in [7, 11) is 2.34. The van der Waals surface area contributed by atoms with E-state index in [1.807, 2.05) is 0 Å². The molecule has 0 aromatic heterocycles. The van der Waals surface area contributed by atoms with Crippen LogP contribution in [-0.4, -0.2) is 13.6 Å². The molecule has 2 aliphatic carbocycles. The van der Waals surface area contributed by atoms with Crippen LogP contribution in [0.2, 0.25) is 0 Å². The highest BCUT2D eigenvalue weighted by Gasteiger charge is 2.32. The van der Waals surface area contributed by atoms with E-state index >= 15 is 0 Å². The van der Waals surface area contributed by atoms with Gasteiger partial charge in [-0.25, -0.2) is 0 Å². The third-order valence-corrected chi connectivity index (χ3v) is 9.70. The van der Waals surface area contributed by atoms with E-state index < -0.39 is 0 Å². The van der Waals surface area contributed by atoms with Crippen LogP contribution in [0.1, 0.15) is 117 Å². The molecule has 0 bridgehead atoms. The van der Waals surface area contributed by atoms with E-state index in [9.17, 15) is 0 Å². The Labute approximate surface area is 219 Å². The monoisotopic (exact) mass is 479 g/mol. The van der Waals surface area contributed by atoms with Crippen LogP contribution in [0.3, 0.4) is 0 Å². The topological polar surface area (TPSA) is 3.24 Å². The molecule has 0 spiro atoms. The summed E-state index contributed by atoms with van der Waals surface area (Å²) in [5.74, 6) is 5.17. The molecule has 3 rings (SSSR count). The molecule has 5 unspecified atom stereocenters. The molecule has 0 amide bonds. The highest BCUT2D eigenvalue weighted by Crippen LogP contribution is 2.41. The maximum atomic E-state index is 2.60. The number of nitrogens with zero attached hydrogens (tertiary/aromatic N) is 1. The van der Waals surface area contributed by atoms with Gasteiger partial charge in [0.1, 0.15) is 0 Å². The van der Waals surface area contributed by atoms with Crippen molar-refractivity contribution in [2.45, 2.75) is 118 Å². The molecule has 0 saturated heterocycles. The van der Waals surface area contributed by atoms with E-state index in [1.165, 1.54) is 101 Å². The largest absolute Gasteiger partial charge is 0.374 e. The molecule has 1 aromatic carbocycles. The molecule has 0 heterocycles. The SMILES string of the molecule is CCC[C@H](CC(CN(C)c1ccc(C)cc1)C1CCCC(C)C1)C(CC)CC(C)C1=CCCCC1. The minimum Gasteiger partial charge on any atom is -0.374 e. The van der Waals surface area contributed by atoms with Crippen LogP contribution >= 0.6 is 0 Å². The predicted octanol–water partition coefficient (Wildman–Crippen LogP) is 10.2. The van der Waals surface area contributed by atoms with Gasteiger partial charge in [-0.2, -0.15) is 0 Å². The van der Waals surface area contributed by atoms with Gasteiger partial charge in [-0.05, 0) is 99.5 Å². The molecular formula is C34H57N. The van der Waals surface area contributed by atoms with E-state index in [0.29, 0.717) is 0 Å². The van der Waals surface area contributed by atoms with Gasteiger partial charge in [0.05, 0.1) is 0 Å². The van der Waals surface area contributed by atoms with E-state index in [1.54, 1.807) is 5.57 Å². The lowest BCUT2D eigenvalue weighted by Gasteiger charge is -2.40. The number of hydrogen-bond donors (Lipinski definition) is 0. The van der Waals surface area contributed by atoms with Gasteiger partial charge in [0.15, 0.2) is 0 Å². The highest BCUT2D eigenvalue weighted by molar-refractivity contribution is 5.46. The van der Waals surface area contributed by atoms with Crippen LogP contribution in [-0.2, 0) is 0 Å². The van der Waals surface area contributed by atoms with Crippen molar-refractivity contribution in [1.82, 2.24) is 0 Å². The summed E-state index contributed by atoms with van der Waals surface area (Å²) < 4.78 is 0. The fourth-order valence-electron chi connectivity index (χ4n) is 7.50. The number of aryl methyl sites for hydroxylation is 1. The van der Waals surface area contributed by atoms with E-state index in [-0.39, 0.29) is 0 Å². The van der Waals surface area contributed by atoms with Crippen molar-refractivity contribution in [1.29, 1.82) is 0 Å². The molecule has 1 nitrogen and oxygen atoms in total. The molecule has 0 radical (unpaired) electrons. The zero-order chi connectivity index (χ0) is 25.2. The van der Waals surface area contributed by atoms with Gasteiger partial charge in [0.25, 0.3) is 0 Å². The van der Waals surface area contributed by atoms with Gasteiger partial charge in [0, 0.05) is 19.3 Å². The summed E-state index contributed by atoms with van der Waals surface area (Å²) in [6.45, 7) is 13.4. The summed E-state index contributed by atoms with van der Waals surface area (Å²) in [5.41, 5.74) is 4.53. The van der Waals surface area contributed by atoms with Crippen LogP contribution in [0, 0.1) is 42.4 Å². The van der Waals surface area contributed by atoms with Crippen LogP contribution in [0.15, 0.2) is 35.9 Å². The molecule has 1 saturated carbocycles. The van der Waals surface area contributed by atoms with E-state index in [4.69, 9.17) is 0 Å². The average Bonchev–Trinajstić information content (AvgIpc) is 2.87. The molecule has 198 valence electrons. The molecular weight excluding hydrogens is 422 g/mol. The Balaban J connectivity index is 1.75. The van der Waals surface area contributed by atoms with Gasteiger partial charge in [0.2, 0.25) is 0 Å².